The van der Waals surface area contributed by atoms with Crippen molar-refractivity contribution in [3.05, 3.63) is 70.8 Å². The summed E-state index contributed by atoms with van der Waals surface area (Å²) in [5.41, 5.74) is -3.00. The molecule has 43 heavy (non-hydrogen) atoms. The Morgan fingerprint density at radius 2 is 1.79 bits per heavy atom. The molecule has 0 aromatic heterocycles. The smallest absolute Gasteiger partial charge is 0.338 e. The molecule has 0 saturated heterocycles. The van der Waals surface area contributed by atoms with Gasteiger partial charge in [0.2, 0.25) is 0 Å². The number of carbonyl (C=O) groups excluding carboxylic acids is 4. The maximum Gasteiger partial charge on any atom is 0.338 e. The number of aliphatic hydroxyl groups excluding tert-OH is 1. The number of Topliss-reactive ketones (excluding diaryl/α,β-unsaturated/α-hetero) is 1. The molecule has 2 bridgehead atoms. The van der Waals surface area contributed by atoms with Gasteiger partial charge in [0.15, 0.2) is 17.5 Å². The standard InChI is InChI=1S/C34H40O9/c1-7-18(2)30(38)43-29-19(3)15-33-20(4)13-25-26(32(25,6)17-42-31(39)22-11-9-8-10-12-22)24(28(33)37)14-23(16-41-21(5)35)27(36)34(29,33)40/h7-12,14-15,20,24-27,29,36,40H,13,16-17H2,1-6H3/b18-7-/t20?,24-,25+,26-,27+,29-,32+,33-,34-/m0/s1. The molecule has 2 saturated carbocycles. The van der Waals surface area contributed by atoms with Crippen LogP contribution >= 0.6 is 0 Å². The first kappa shape index (κ1) is 30.9. The highest BCUT2D eigenvalue weighted by Crippen LogP contribution is 2.72. The number of fused-ring (bicyclic) bond motifs is 3. The molecule has 230 valence electrons. The van der Waals surface area contributed by atoms with Crippen molar-refractivity contribution in [1.82, 2.24) is 0 Å². The maximum absolute atomic E-state index is 14.8. The van der Waals surface area contributed by atoms with Crippen molar-refractivity contribution in [3.63, 3.8) is 0 Å². The van der Waals surface area contributed by atoms with Crippen molar-refractivity contribution in [1.29, 1.82) is 0 Å². The van der Waals surface area contributed by atoms with Gasteiger partial charge in [-0.15, -0.1) is 0 Å². The van der Waals surface area contributed by atoms with Crippen LogP contribution in [0.5, 0.6) is 0 Å². The van der Waals surface area contributed by atoms with Gasteiger partial charge in [-0.2, -0.15) is 0 Å². The summed E-state index contributed by atoms with van der Waals surface area (Å²) in [6, 6.07) is 8.69. The molecule has 1 unspecified atom stereocenters. The first-order chi connectivity index (χ1) is 20.2. The van der Waals surface area contributed by atoms with Gasteiger partial charge in [0, 0.05) is 23.8 Å². The van der Waals surface area contributed by atoms with Crippen LogP contribution in [-0.2, 0) is 28.6 Å². The van der Waals surface area contributed by atoms with Gasteiger partial charge in [0.05, 0.1) is 17.6 Å². The van der Waals surface area contributed by atoms with Crippen LogP contribution in [0.1, 0.15) is 58.3 Å². The number of ether oxygens (including phenoxy) is 3. The van der Waals surface area contributed by atoms with Gasteiger partial charge in [-0.3, -0.25) is 9.59 Å². The van der Waals surface area contributed by atoms with Crippen molar-refractivity contribution >= 4 is 23.7 Å². The van der Waals surface area contributed by atoms with Crippen molar-refractivity contribution in [3.8, 4) is 0 Å². The summed E-state index contributed by atoms with van der Waals surface area (Å²) in [4.78, 5) is 52.3. The predicted molar refractivity (Wildman–Crippen MR) is 155 cm³/mol. The normalized spacial score (nSPS) is 38.0. The van der Waals surface area contributed by atoms with E-state index in [2.05, 4.69) is 0 Å². The second-order valence-corrected chi connectivity index (χ2v) is 12.9. The highest BCUT2D eigenvalue weighted by molar-refractivity contribution is 5.96. The van der Waals surface area contributed by atoms with Crippen molar-refractivity contribution in [2.75, 3.05) is 13.2 Å². The Morgan fingerprint density at radius 1 is 1.12 bits per heavy atom. The van der Waals surface area contributed by atoms with Crippen LogP contribution in [0.2, 0.25) is 0 Å². The molecule has 2 N–H and O–H groups in total. The largest absolute Gasteiger partial charge is 0.461 e. The zero-order valence-electron chi connectivity index (χ0n) is 25.5. The Balaban J connectivity index is 1.56. The van der Waals surface area contributed by atoms with Crippen LogP contribution in [0.4, 0.5) is 0 Å². The Morgan fingerprint density at radius 3 is 2.42 bits per heavy atom. The first-order valence-electron chi connectivity index (χ1n) is 14.8. The number of hydrogen-bond donors (Lipinski definition) is 2. The summed E-state index contributed by atoms with van der Waals surface area (Å²) in [5.74, 6) is -3.57. The molecule has 1 aromatic rings. The minimum atomic E-state index is -2.25. The van der Waals surface area contributed by atoms with Crippen LogP contribution in [0.3, 0.4) is 0 Å². The second kappa shape index (κ2) is 10.9. The van der Waals surface area contributed by atoms with Crippen molar-refractivity contribution in [2.45, 2.75) is 65.8 Å². The molecule has 0 amide bonds. The summed E-state index contributed by atoms with van der Waals surface area (Å²) in [6.07, 6.45) is 2.39. The summed E-state index contributed by atoms with van der Waals surface area (Å²) in [6.45, 7) is 9.79. The number of carbonyl (C=O) groups is 4. The predicted octanol–water partition coefficient (Wildman–Crippen LogP) is 3.74. The zero-order valence-corrected chi connectivity index (χ0v) is 25.5. The van der Waals surface area contributed by atoms with Crippen LogP contribution in [-0.4, -0.2) is 64.9 Å². The highest BCUT2D eigenvalue weighted by Gasteiger charge is 2.77. The zero-order chi connectivity index (χ0) is 31.5. The molecule has 4 aliphatic rings. The first-order valence-corrected chi connectivity index (χ1v) is 14.8. The van der Waals surface area contributed by atoms with E-state index in [0.717, 1.165) is 0 Å². The van der Waals surface area contributed by atoms with E-state index in [4.69, 9.17) is 14.2 Å². The lowest BCUT2D eigenvalue weighted by atomic mass is 9.59. The molecule has 4 aliphatic carbocycles. The Kier molecular flexibility index (Phi) is 7.80. The SMILES string of the molecule is C/C=C(/C)C(=O)O[C@H]1C(C)=C[C@]23C(=O)[C@@H](C=C(COC(C)=O)[C@@H](O)[C@]12O)[C@H]1[C@@H](CC3C)[C@@]1(C)COC(=O)c1ccccc1. The van der Waals surface area contributed by atoms with Crippen LogP contribution in [0, 0.1) is 34.5 Å². The van der Waals surface area contributed by atoms with Crippen molar-refractivity contribution < 1.29 is 43.6 Å². The molecular weight excluding hydrogens is 552 g/mol. The summed E-state index contributed by atoms with van der Waals surface area (Å²) in [5, 5.41) is 24.6. The van der Waals surface area contributed by atoms with E-state index in [1.54, 1.807) is 63.3 Å². The van der Waals surface area contributed by atoms with Gasteiger partial charge < -0.3 is 24.4 Å². The van der Waals surface area contributed by atoms with E-state index in [1.165, 1.54) is 6.92 Å². The third kappa shape index (κ3) is 4.59. The summed E-state index contributed by atoms with van der Waals surface area (Å²) in [7, 11) is 0. The average molecular weight is 593 g/mol. The molecule has 5 rings (SSSR count). The van der Waals surface area contributed by atoms with E-state index in [9.17, 15) is 29.4 Å². The monoisotopic (exact) mass is 592 g/mol. The summed E-state index contributed by atoms with van der Waals surface area (Å²) < 4.78 is 16.9. The molecule has 9 atom stereocenters. The molecular formula is C34H40O9. The Labute approximate surface area is 251 Å². The molecule has 1 aromatic carbocycles. The fraction of sp³-hybridized carbons (Fsp3) is 0.529. The number of esters is 3. The van der Waals surface area contributed by atoms with E-state index < -0.39 is 58.4 Å². The molecule has 2 fully saturated rings. The minimum absolute atomic E-state index is 0.0364. The average Bonchev–Trinajstić information content (AvgIpc) is 3.52. The number of hydrogen-bond acceptors (Lipinski definition) is 9. The molecule has 1 spiro atoms. The van der Waals surface area contributed by atoms with E-state index in [-0.39, 0.29) is 36.4 Å². The number of ketones is 1. The number of rotatable bonds is 7. The molecule has 0 radical (unpaired) electrons. The molecule has 0 aliphatic heterocycles. The van der Waals surface area contributed by atoms with Crippen LogP contribution in [0.15, 0.2) is 65.3 Å². The third-order valence-electron chi connectivity index (χ3n) is 10.5. The quantitative estimate of drug-likeness (QED) is 0.210. The van der Waals surface area contributed by atoms with Gasteiger partial charge in [0.25, 0.3) is 0 Å². The molecule has 9 nitrogen and oxygen atoms in total. The maximum atomic E-state index is 14.8. The fourth-order valence-electron chi connectivity index (χ4n) is 7.99. The van der Waals surface area contributed by atoms with E-state index in [1.807, 2.05) is 19.9 Å². The molecule has 9 heteroatoms. The highest BCUT2D eigenvalue weighted by atomic mass is 16.6. The van der Waals surface area contributed by atoms with Gasteiger partial charge in [-0.05, 0) is 68.2 Å². The fourth-order valence-corrected chi connectivity index (χ4v) is 7.99. The van der Waals surface area contributed by atoms with Gasteiger partial charge in [-0.25, -0.2) is 9.59 Å². The van der Waals surface area contributed by atoms with Crippen molar-refractivity contribution in [2.24, 2.45) is 34.5 Å². The van der Waals surface area contributed by atoms with Gasteiger partial charge >= 0.3 is 17.9 Å². The minimum Gasteiger partial charge on any atom is -0.461 e. The van der Waals surface area contributed by atoms with E-state index >= 15 is 0 Å². The number of allylic oxidation sites excluding steroid dienone is 2. The lowest BCUT2D eigenvalue weighted by molar-refractivity contribution is -0.202. The Hall–Kier alpha value is -3.56. The lowest BCUT2D eigenvalue weighted by Gasteiger charge is -2.48. The number of aliphatic hydroxyl groups is 2. The van der Waals surface area contributed by atoms with Gasteiger partial charge in [-0.1, -0.05) is 50.3 Å². The van der Waals surface area contributed by atoms with Crippen LogP contribution < -0.4 is 0 Å². The van der Waals surface area contributed by atoms with Gasteiger partial charge in [0.1, 0.15) is 12.7 Å². The Bertz CT molecular complexity index is 1440. The van der Waals surface area contributed by atoms with E-state index in [0.29, 0.717) is 23.1 Å². The van der Waals surface area contributed by atoms with Crippen LogP contribution in [0.25, 0.3) is 0 Å². The second-order valence-electron chi connectivity index (χ2n) is 12.9. The number of benzene rings is 1. The summed E-state index contributed by atoms with van der Waals surface area (Å²) >= 11 is 0. The lowest BCUT2D eigenvalue weighted by Crippen LogP contribution is -2.66. The topological polar surface area (TPSA) is 136 Å². The third-order valence-corrected chi connectivity index (χ3v) is 10.5. The molecule has 0 heterocycles.